The first kappa shape index (κ1) is 18.9. The monoisotopic (exact) mass is 413 g/mol. The Labute approximate surface area is 170 Å². The lowest BCUT2D eigenvalue weighted by molar-refractivity contribution is -0.123. The number of ether oxygens (including phenoxy) is 1. The van der Waals surface area contributed by atoms with Crippen molar-refractivity contribution in [3.63, 3.8) is 0 Å². The summed E-state index contributed by atoms with van der Waals surface area (Å²) in [5, 5.41) is 12.1. The minimum Gasteiger partial charge on any atom is -0.495 e. The maximum Gasteiger partial charge on any atom is 0.263 e. The van der Waals surface area contributed by atoms with Crippen molar-refractivity contribution in [1.29, 1.82) is 0 Å². The SMILES string of the molecule is COc1ccccc1NC(=O)CN1N=N[C@@H]2C(=O)N(c3cccc(Cl)c3)C(=O)[C@H]21. The Kier molecular flexibility index (Phi) is 4.89. The molecule has 0 aliphatic carbocycles. The van der Waals surface area contributed by atoms with Crippen LogP contribution in [0, 0.1) is 0 Å². The third-order valence-electron chi connectivity index (χ3n) is 4.61. The minimum atomic E-state index is -0.986. The van der Waals surface area contributed by atoms with Crippen LogP contribution in [0.25, 0.3) is 0 Å². The molecule has 29 heavy (non-hydrogen) atoms. The summed E-state index contributed by atoms with van der Waals surface area (Å²) in [6.07, 6.45) is 0. The Morgan fingerprint density at radius 3 is 2.72 bits per heavy atom. The Morgan fingerprint density at radius 1 is 1.17 bits per heavy atom. The van der Waals surface area contributed by atoms with Gasteiger partial charge in [-0.1, -0.05) is 35.0 Å². The highest BCUT2D eigenvalue weighted by atomic mass is 35.5. The number of nitrogens with zero attached hydrogens (tertiary/aromatic N) is 4. The van der Waals surface area contributed by atoms with Crippen LogP contribution < -0.4 is 15.0 Å². The maximum atomic E-state index is 12.9. The van der Waals surface area contributed by atoms with E-state index >= 15 is 0 Å². The third-order valence-corrected chi connectivity index (χ3v) is 4.85. The summed E-state index contributed by atoms with van der Waals surface area (Å²) < 4.78 is 5.20. The average Bonchev–Trinajstić information content (AvgIpc) is 3.22. The van der Waals surface area contributed by atoms with E-state index in [9.17, 15) is 14.4 Å². The number of imide groups is 1. The maximum absolute atomic E-state index is 12.9. The van der Waals surface area contributed by atoms with Crippen molar-refractivity contribution in [2.45, 2.75) is 12.1 Å². The molecule has 2 aromatic carbocycles. The van der Waals surface area contributed by atoms with E-state index in [0.717, 1.165) is 4.90 Å². The van der Waals surface area contributed by atoms with E-state index in [1.165, 1.54) is 18.2 Å². The molecule has 2 aromatic rings. The topological polar surface area (TPSA) is 104 Å². The number of rotatable bonds is 5. The fourth-order valence-electron chi connectivity index (χ4n) is 3.31. The molecule has 148 valence electrons. The molecule has 0 bridgehead atoms. The molecular weight excluding hydrogens is 398 g/mol. The highest BCUT2D eigenvalue weighted by Crippen LogP contribution is 2.32. The standard InChI is InChI=1S/C19H16ClN5O4/c1-29-14-8-3-2-7-13(14)21-15(26)10-24-17-16(22-23-24)18(27)25(19(17)28)12-6-4-5-11(20)9-12/h2-9,16-17H,10H2,1H3,(H,21,26)/t16-,17-/m0/s1. The summed E-state index contributed by atoms with van der Waals surface area (Å²) in [6, 6.07) is 11.4. The van der Waals surface area contributed by atoms with Crippen LogP contribution in [-0.2, 0) is 14.4 Å². The lowest BCUT2D eigenvalue weighted by atomic mass is 10.1. The molecule has 1 saturated heterocycles. The quantitative estimate of drug-likeness (QED) is 0.757. The second kappa shape index (κ2) is 7.51. The number of anilines is 2. The number of nitrogens with one attached hydrogen (secondary N) is 1. The van der Waals surface area contributed by atoms with Gasteiger partial charge in [0.15, 0.2) is 12.1 Å². The van der Waals surface area contributed by atoms with Crippen LogP contribution in [0.5, 0.6) is 5.75 Å². The Hall–Kier alpha value is -3.46. The normalized spacial score (nSPS) is 20.2. The predicted octanol–water partition coefficient (Wildman–Crippen LogP) is 2.28. The number of hydrogen-bond acceptors (Lipinski definition) is 7. The van der Waals surface area contributed by atoms with E-state index in [4.69, 9.17) is 16.3 Å². The van der Waals surface area contributed by atoms with Gasteiger partial charge >= 0.3 is 0 Å². The molecule has 2 atom stereocenters. The lowest BCUT2D eigenvalue weighted by Gasteiger charge is -2.20. The molecule has 2 aliphatic rings. The number of para-hydroxylation sites is 2. The summed E-state index contributed by atoms with van der Waals surface area (Å²) in [5.41, 5.74) is 0.845. The number of carbonyl (C=O) groups excluding carboxylic acids is 3. The van der Waals surface area contributed by atoms with E-state index in [-0.39, 0.29) is 6.54 Å². The van der Waals surface area contributed by atoms with Crippen LogP contribution in [0.2, 0.25) is 5.02 Å². The van der Waals surface area contributed by atoms with Crippen molar-refractivity contribution >= 4 is 40.7 Å². The number of fused-ring (bicyclic) bond motifs is 1. The van der Waals surface area contributed by atoms with E-state index in [1.54, 1.807) is 42.5 Å². The smallest absolute Gasteiger partial charge is 0.263 e. The molecule has 10 heteroatoms. The third kappa shape index (κ3) is 3.40. The molecule has 0 unspecified atom stereocenters. The van der Waals surface area contributed by atoms with Gasteiger partial charge in [-0.15, -0.1) is 0 Å². The molecule has 0 saturated carbocycles. The summed E-state index contributed by atoms with van der Waals surface area (Å²) in [6.45, 7) is -0.245. The lowest BCUT2D eigenvalue weighted by Crippen LogP contribution is -2.43. The Morgan fingerprint density at radius 2 is 1.97 bits per heavy atom. The first-order valence-electron chi connectivity index (χ1n) is 8.73. The largest absolute Gasteiger partial charge is 0.495 e. The number of carbonyl (C=O) groups is 3. The van der Waals surface area contributed by atoms with E-state index < -0.39 is 29.8 Å². The van der Waals surface area contributed by atoms with Crippen LogP contribution in [0.15, 0.2) is 58.9 Å². The van der Waals surface area contributed by atoms with Crippen molar-refractivity contribution in [2.75, 3.05) is 23.9 Å². The molecule has 0 radical (unpaired) electrons. The van der Waals surface area contributed by atoms with Gasteiger partial charge in [-0.2, -0.15) is 5.11 Å². The fraction of sp³-hybridized carbons (Fsp3) is 0.211. The van der Waals surface area contributed by atoms with Gasteiger partial charge in [-0.05, 0) is 30.3 Å². The zero-order valence-electron chi connectivity index (χ0n) is 15.3. The number of amides is 3. The first-order chi connectivity index (χ1) is 14.0. The molecule has 2 heterocycles. The van der Waals surface area contributed by atoms with Gasteiger partial charge in [0.2, 0.25) is 5.91 Å². The first-order valence-corrected chi connectivity index (χ1v) is 9.11. The molecule has 0 spiro atoms. The van der Waals surface area contributed by atoms with Crippen LogP contribution in [-0.4, -0.2) is 48.5 Å². The van der Waals surface area contributed by atoms with Gasteiger partial charge in [0.1, 0.15) is 12.3 Å². The molecule has 1 N–H and O–H groups in total. The second-order valence-electron chi connectivity index (χ2n) is 6.43. The average molecular weight is 414 g/mol. The number of methoxy groups -OCH3 is 1. The summed E-state index contributed by atoms with van der Waals surface area (Å²) >= 11 is 5.97. The molecular formula is C19H16ClN5O4. The van der Waals surface area contributed by atoms with Gasteiger partial charge < -0.3 is 10.1 Å². The zero-order chi connectivity index (χ0) is 20.5. The highest BCUT2D eigenvalue weighted by molar-refractivity contribution is 6.31. The van der Waals surface area contributed by atoms with Crippen LogP contribution in [0.4, 0.5) is 11.4 Å². The van der Waals surface area contributed by atoms with E-state index in [0.29, 0.717) is 22.1 Å². The van der Waals surface area contributed by atoms with Crippen molar-refractivity contribution in [3.8, 4) is 5.75 Å². The van der Waals surface area contributed by atoms with Gasteiger partial charge in [0.05, 0.1) is 18.5 Å². The highest BCUT2D eigenvalue weighted by Gasteiger charge is 2.55. The van der Waals surface area contributed by atoms with Crippen molar-refractivity contribution < 1.29 is 19.1 Å². The van der Waals surface area contributed by atoms with Crippen LogP contribution >= 0.6 is 11.6 Å². The second-order valence-corrected chi connectivity index (χ2v) is 6.87. The molecule has 0 aromatic heterocycles. The summed E-state index contributed by atoms with van der Waals surface area (Å²) in [5.74, 6) is -0.924. The molecule has 9 nitrogen and oxygen atoms in total. The van der Waals surface area contributed by atoms with E-state index in [2.05, 4.69) is 15.7 Å². The van der Waals surface area contributed by atoms with Crippen molar-refractivity contribution in [1.82, 2.24) is 5.01 Å². The number of halogens is 1. The number of hydrogen-bond donors (Lipinski definition) is 1. The van der Waals surface area contributed by atoms with Gasteiger partial charge in [-0.25, -0.2) is 4.90 Å². The van der Waals surface area contributed by atoms with Gasteiger partial charge in [0, 0.05) is 5.02 Å². The predicted molar refractivity (Wildman–Crippen MR) is 105 cm³/mol. The van der Waals surface area contributed by atoms with Gasteiger partial charge in [-0.3, -0.25) is 19.4 Å². The molecule has 1 fully saturated rings. The van der Waals surface area contributed by atoms with E-state index in [1.807, 2.05) is 0 Å². The summed E-state index contributed by atoms with van der Waals surface area (Å²) in [4.78, 5) is 39.1. The fourth-order valence-corrected chi connectivity index (χ4v) is 3.49. The van der Waals surface area contributed by atoms with Crippen molar-refractivity contribution in [2.24, 2.45) is 10.3 Å². The van der Waals surface area contributed by atoms with Crippen LogP contribution in [0.3, 0.4) is 0 Å². The minimum absolute atomic E-state index is 0.245. The Balaban J connectivity index is 1.50. The van der Waals surface area contributed by atoms with Crippen LogP contribution in [0.1, 0.15) is 0 Å². The Bertz CT molecular complexity index is 1030. The molecule has 4 rings (SSSR count). The van der Waals surface area contributed by atoms with Crippen molar-refractivity contribution in [3.05, 3.63) is 53.6 Å². The van der Waals surface area contributed by atoms with Gasteiger partial charge in [0.25, 0.3) is 11.8 Å². The zero-order valence-corrected chi connectivity index (χ0v) is 16.0. The molecule has 3 amide bonds. The summed E-state index contributed by atoms with van der Waals surface area (Å²) in [7, 11) is 1.50. The molecule has 2 aliphatic heterocycles. The number of benzene rings is 2.